The molecule has 0 spiro atoms. The summed E-state index contributed by atoms with van der Waals surface area (Å²) >= 11 is 12.1. The third-order valence-corrected chi connectivity index (χ3v) is 5.15. The third kappa shape index (κ3) is 4.96. The van der Waals surface area contributed by atoms with E-state index in [-0.39, 0.29) is 17.2 Å². The molecule has 2 heterocycles. The lowest BCUT2D eigenvalue weighted by molar-refractivity contribution is -0.115. The molecular formula is C22H21Cl2N3O3. The Hall–Kier alpha value is -2.96. The molecule has 0 fully saturated rings. The van der Waals surface area contributed by atoms with Crippen LogP contribution >= 0.6 is 23.2 Å². The predicted octanol–water partition coefficient (Wildman–Crippen LogP) is 5.47. The number of halogens is 2. The first kappa shape index (κ1) is 21.7. The number of hydrogen-bond donors (Lipinski definition) is 3. The van der Waals surface area contributed by atoms with E-state index in [0.29, 0.717) is 21.4 Å². The molecule has 30 heavy (non-hydrogen) atoms. The minimum atomic E-state index is -0.425. The topological polar surface area (TPSA) is 87.0 Å². The minimum absolute atomic E-state index is 0.0353. The van der Waals surface area contributed by atoms with E-state index >= 15 is 0 Å². The van der Waals surface area contributed by atoms with Gasteiger partial charge in [-0.05, 0) is 42.3 Å². The summed E-state index contributed by atoms with van der Waals surface area (Å²) in [4.78, 5) is 30.1. The van der Waals surface area contributed by atoms with E-state index in [1.807, 2.05) is 19.9 Å². The lowest BCUT2D eigenvalue weighted by Gasteiger charge is -2.13. The zero-order valence-corrected chi connectivity index (χ0v) is 18.2. The van der Waals surface area contributed by atoms with Crippen molar-refractivity contribution in [3.63, 3.8) is 0 Å². The van der Waals surface area contributed by atoms with Gasteiger partial charge in [-0.25, -0.2) is 0 Å². The molecule has 3 rings (SSSR count). The average molecular weight is 446 g/mol. The summed E-state index contributed by atoms with van der Waals surface area (Å²) in [6, 6.07) is 8.41. The number of carbonyl (C=O) groups excluding carboxylic acids is 1. The average Bonchev–Trinajstić information content (AvgIpc) is 3.08. The molecule has 0 aliphatic carbocycles. The highest BCUT2D eigenvalue weighted by Crippen LogP contribution is 2.28. The number of H-pyrrole nitrogens is 2. The summed E-state index contributed by atoms with van der Waals surface area (Å²) in [6.07, 6.45) is 5.05. The molecule has 3 aromatic rings. The van der Waals surface area contributed by atoms with E-state index in [4.69, 9.17) is 27.9 Å². The van der Waals surface area contributed by atoms with Crippen molar-refractivity contribution in [2.24, 2.45) is 0 Å². The quantitative estimate of drug-likeness (QED) is 0.267. The van der Waals surface area contributed by atoms with Gasteiger partial charge in [-0.15, -0.1) is 0 Å². The lowest BCUT2D eigenvalue weighted by atomic mass is 10.1. The Morgan fingerprint density at radius 1 is 1.13 bits per heavy atom. The standard InChI is InChI=1S/C22H21Cl2N3O3/c1-12(2)21-17(7-8-20(28)27-21)26-22(29)19(30-3)6-4-5-14-9-13-10-15(23)16(24)11-18(13)25-14/h4-12,25H,1-3H3,(H,26,29)(H,27,28)/b5-4+,19-6-. The van der Waals surface area contributed by atoms with Gasteiger partial charge in [0.1, 0.15) is 0 Å². The highest BCUT2D eigenvalue weighted by Gasteiger charge is 2.14. The molecule has 0 saturated carbocycles. The van der Waals surface area contributed by atoms with Crippen LogP contribution in [0.5, 0.6) is 0 Å². The number of fused-ring (bicyclic) bond motifs is 1. The Morgan fingerprint density at radius 2 is 1.87 bits per heavy atom. The van der Waals surface area contributed by atoms with Crippen molar-refractivity contribution in [1.29, 1.82) is 0 Å². The number of aromatic amines is 2. The molecule has 0 bridgehead atoms. The molecule has 0 saturated heterocycles. The molecule has 156 valence electrons. The van der Waals surface area contributed by atoms with Gasteiger partial charge >= 0.3 is 0 Å². The molecule has 8 heteroatoms. The highest BCUT2D eigenvalue weighted by atomic mass is 35.5. The zero-order valence-electron chi connectivity index (χ0n) is 16.7. The number of rotatable bonds is 6. The van der Waals surface area contributed by atoms with Crippen LogP contribution in [0, 0.1) is 0 Å². The first-order valence-corrected chi connectivity index (χ1v) is 9.98. The van der Waals surface area contributed by atoms with E-state index in [2.05, 4.69) is 15.3 Å². The molecule has 1 amide bonds. The zero-order chi connectivity index (χ0) is 21.8. The Kier molecular flexibility index (Phi) is 6.70. The monoisotopic (exact) mass is 445 g/mol. The fourth-order valence-corrected chi connectivity index (χ4v) is 3.29. The number of anilines is 1. The Morgan fingerprint density at radius 3 is 2.57 bits per heavy atom. The van der Waals surface area contributed by atoms with Crippen LogP contribution in [0.1, 0.15) is 31.2 Å². The van der Waals surface area contributed by atoms with Crippen LogP contribution < -0.4 is 10.9 Å². The summed E-state index contributed by atoms with van der Waals surface area (Å²) in [5, 5.41) is 4.67. The van der Waals surface area contributed by atoms with Gasteiger partial charge in [0.25, 0.3) is 5.91 Å². The number of allylic oxidation sites excluding steroid dienone is 2. The van der Waals surface area contributed by atoms with Gasteiger partial charge in [0.2, 0.25) is 5.56 Å². The molecule has 2 aromatic heterocycles. The van der Waals surface area contributed by atoms with Crippen molar-refractivity contribution < 1.29 is 9.53 Å². The van der Waals surface area contributed by atoms with Crippen molar-refractivity contribution in [2.75, 3.05) is 12.4 Å². The van der Waals surface area contributed by atoms with E-state index < -0.39 is 5.91 Å². The van der Waals surface area contributed by atoms with Gasteiger partial charge in [-0.2, -0.15) is 0 Å². The molecule has 3 N–H and O–H groups in total. The maximum atomic E-state index is 12.6. The van der Waals surface area contributed by atoms with E-state index in [1.165, 1.54) is 13.2 Å². The lowest BCUT2D eigenvalue weighted by Crippen LogP contribution is -2.19. The van der Waals surface area contributed by atoms with Gasteiger partial charge in [0.05, 0.1) is 22.8 Å². The maximum absolute atomic E-state index is 12.6. The second-order valence-corrected chi connectivity index (χ2v) is 7.75. The molecule has 1 aromatic carbocycles. The number of hydrogen-bond acceptors (Lipinski definition) is 3. The van der Waals surface area contributed by atoms with Crippen LogP contribution in [0.25, 0.3) is 17.0 Å². The van der Waals surface area contributed by atoms with Crippen LogP contribution in [0.3, 0.4) is 0 Å². The number of benzene rings is 1. The largest absolute Gasteiger partial charge is 0.491 e. The third-order valence-electron chi connectivity index (χ3n) is 4.42. The number of carbonyl (C=O) groups is 1. The SMILES string of the molecule is CO/C(=C\C=C\c1cc2cc(Cl)c(Cl)cc2[nH]1)C(=O)Nc1ccc(=O)[nH]c1C(C)C. The predicted molar refractivity (Wildman–Crippen MR) is 122 cm³/mol. The van der Waals surface area contributed by atoms with Crippen LogP contribution in [0.4, 0.5) is 5.69 Å². The normalized spacial score (nSPS) is 12.1. The van der Waals surface area contributed by atoms with Crippen molar-refractivity contribution in [3.05, 3.63) is 80.0 Å². The highest BCUT2D eigenvalue weighted by molar-refractivity contribution is 6.42. The Labute approximate surface area is 183 Å². The van der Waals surface area contributed by atoms with E-state index in [9.17, 15) is 9.59 Å². The first-order chi connectivity index (χ1) is 14.3. The number of methoxy groups -OCH3 is 1. The minimum Gasteiger partial charge on any atom is -0.491 e. The molecule has 0 radical (unpaired) electrons. The summed E-state index contributed by atoms with van der Waals surface area (Å²) < 4.78 is 5.22. The van der Waals surface area contributed by atoms with E-state index in [1.54, 1.807) is 36.4 Å². The smallest absolute Gasteiger partial charge is 0.290 e. The summed E-state index contributed by atoms with van der Waals surface area (Å²) in [6.45, 7) is 3.86. The number of ether oxygens (including phenoxy) is 1. The van der Waals surface area contributed by atoms with Crippen molar-refractivity contribution >= 4 is 51.8 Å². The van der Waals surface area contributed by atoms with E-state index in [0.717, 1.165) is 16.6 Å². The van der Waals surface area contributed by atoms with Crippen LogP contribution in [0.2, 0.25) is 10.0 Å². The number of pyridine rings is 1. The molecule has 6 nitrogen and oxygen atoms in total. The fraction of sp³-hybridized carbons (Fsp3) is 0.182. The summed E-state index contributed by atoms with van der Waals surface area (Å²) in [7, 11) is 1.42. The van der Waals surface area contributed by atoms with Crippen molar-refractivity contribution in [1.82, 2.24) is 9.97 Å². The summed E-state index contributed by atoms with van der Waals surface area (Å²) in [5.41, 5.74) is 2.64. The second-order valence-electron chi connectivity index (χ2n) is 6.93. The first-order valence-electron chi connectivity index (χ1n) is 9.23. The molecule has 0 atom stereocenters. The number of aromatic nitrogens is 2. The van der Waals surface area contributed by atoms with Gasteiger partial charge in [-0.3, -0.25) is 9.59 Å². The summed E-state index contributed by atoms with van der Waals surface area (Å²) in [5.74, 6) is -0.270. The van der Waals surface area contributed by atoms with Crippen LogP contribution in [-0.4, -0.2) is 23.0 Å². The van der Waals surface area contributed by atoms with Gasteiger partial charge in [-0.1, -0.05) is 43.1 Å². The Bertz CT molecular complexity index is 1170. The van der Waals surface area contributed by atoms with Crippen LogP contribution in [-0.2, 0) is 9.53 Å². The Balaban J connectivity index is 1.79. The molecule has 0 aliphatic heterocycles. The van der Waals surface area contributed by atoms with Crippen molar-refractivity contribution in [3.8, 4) is 0 Å². The van der Waals surface area contributed by atoms with Gasteiger partial charge in [0.15, 0.2) is 5.76 Å². The van der Waals surface area contributed by atoms with Crippen molar-refractivity contribution in [2.45, 2.75) is 19.8 Å². The fourth-order valence-electron chi connectivity index (χ4n) is 2.95. The molecule has 0 aliphatic rings. The van der Waals surface area contributed by atoms with Crippen LogP contribution in [0.15, 0.2) is 53.0 Å². The van der Waals surface area contributed by atoms with Gasteiger partial charge < -0.3 is 20.0 Å². The molecule has 0 unspecified atom stereocenters. The maximum Gasteiger partial charge on any atom is 0.290 e. The van der Waals surface area contributed by atoms with Gasteiger partial charge in [0, 0.05) is 28.4 Å². The number of amides is 1. The molecular weight excluding hydrogens is 425 g/mol. The number of nitrogens with one attached hydrogen (secondary N) is 3. The second kappa shape index (κ2) is 9.24.